The van der Waals surface area contributed by atoms with E-state index in [2.05, 4.69) is 10.2 Å². The standard InChI is InChI=1S/C20H27F3N2O2/c1-14-11-25(12-18(27-14)15-5-3-2-4-6-15)13-19(26)24-17-9-7-16(8-10-17)20(21,22)23/h2-6,14,16-18H,7-13H2,1H3,(H,24,26). The number of benzene rings is 1. The molecule has 2 aliphatic rings. The van der Waals surface area contributed by atoms with E-state index < -0.39 is 12.1 Å². The molecule has 7 heteroatoms. The van der Waals surface area contributed by atoms with Gasteiger partial charge in [0.15, 0.2) is 0 Å². The van der Waals surface area contributed by atoms with E-state index in [1.54, 1.807) is 0 Å². The number of amides is 1. The van der Waals surface area contributed by atoms with Crippen LogP contribution in [0.15, 0.2) is 30.3 Å². The number of carbonyl (C=O) groups excluding carboxylic acids is 1. The number of carbonyl (C=O) groups is 1. The third kappa shape index (κ3) is 5.69. The second kappa shape index (κ2) is 8.61. The van der Waals surface area contributed by atoms with Crippen LogP contribution in [-0.4, -0.2) is 48.8 Å². The molecule has 1 heterocycles. The van der Waals surface area contributed by atoms with Crippen molar-refractivity contribution in [3.63, 3.8) is 0 Å². The summed E-state index contributed by atoms with van der Waals surface area (Å²) in [5, 5.41) is 2.92. The van der Waals surface area contributed by atoms with Gasteiger partial charge in [-0.05, 0) is 38.2 Å². The minimum Gasteiger partial charge on any atom is -0.368 e. The summed E-state index contributed by atoms with van der Waals surface area (Å²) >= 11 is 0. The number of nitrogens with one attached hydrogen (secondary N) is 1. The lowest BCUT2D eigenvalue weighted by atomic mass is 9.85. The van der Waals surface area contributed by atoms with Crippen molar-refractivity contribution >= 4 is 5.91 Å². The smallest absolute Gasteiger partial charge is 0.368 e. The predicted octanol–water partition coefficient (Wildman–Crippen LogP) is 3.69. The number of rotatable bonds is 4. The van der Waals surface area contributed by atoms with Crippen LogP contribution in [0.5, 0.6) is 0 Å². The van der Waals surface area contributed by atoms with Crippen LogP contribution < -0.4 is 5.32 Å². The number of halogens is 3. The Labute approximate surface area is 158 Å². The number of hydrogen-bond donors (Lipinski definition) is 1. The summed E-state index contributed by atoms with van der Waals surface area (Å²) in [5.74, 6) is -1.34. The molecule has 1 aromatic rings. The molecule has 27 heavy (non-hydrogen) atoms. The van der Waals surface area contributed by atoms with Gasteiger partial charge >= 0.3 is 6.18 Å². The zero-order chi connectivity index (χ0) is 19.4. The summed E-state index contributed by atoms with van der Waals surface area (Å²) in [4.78, 5) is 14.5. The molecule has 0 radical (unpaired) electrons. The van der Waals surface area contributed by atoms with Gasteiger partial charge in [-0.3, -0.25) is 9.69 Å². The number of hydrogen-bond acceptors (Lipinski definition) is 3. The van der Waals surface area contributed by atoms with Gasteiger partial charge in [0, 0.05) is 19.1 Å². The van der Waals surface area contributed by atoms with Crippen LogP contribution in [0.4, 0.5) is 13.2 Å². The van der Waals surface area contributed by atoms with Gasteiger partial charge in [0.25, 0.3) is 0 Å². The molecule has 1 amide bonds. The van der Waals surface area contributed by atoms with Gasteiger partial charge in [-0.2, -0.15) is 13.2 Å². The molecule has 0 bridgehead atoms. The van der Waals surface area contributed by atoms with E-state index in [1.165, 1.54) is 0 Å². The molecule has 3 rings (SSSR count). The molecule has 150 valence electrons. The summed E-state index contributed by atoms with van der Waals surface area (Å²) in [6.45, 7) is 3.52. The average Bonchev–Trinajstić information content (AvgIpc) is 2.61. The van der Waals surface area contributed by atoms with Gasteiger partial charge in [-0.1, -0.05) is 30.3 Å². The largest absolute Gasteiger partial charge is 0.391 e. The van der Waals surface area contributed by atoms with E-state index in [4.69, 9.17) is 4.74 Å². The van der Waals surface area contributed by atoms with Crippen molar-refractivity contribution < 1.29 is 22.7 Å². The van der Waals surface area contributed by atoms with Crippen LogP contribution in [0.1, 0.15) is 44.3 Å². The van der Waals surface area contributed by atoms with Crippen molar-refractivity contribution in [1.82, 2.24) is 10.2 Å². The van der Waals surface area contributed by atoms with Crippen molar-refractivity contribution in [3.05, 3.63) is 35.9 Å². The highest BCUT2D eigenvalue weighted by molar-refractivity contribution is 5.78. The Morgan fingerprint density at radius 2 is 1.81 bits per heavy atom. The van der Waals surface area contributed by atoms with Crippen molar-refractivity contribution in [2.24, 2.45) is 5.92 Å². The SMILES string of the molecule is CC1CN(CC(=O)NC2CCC(C(F)(F)F)CC2)CC(c2ccccc2)O1. The van der Waals surface area contributed by atoms with Crippen molar-refractivity contribution in [1.29, 1.82) is 0 Å². The topological polar surface area (TPSA) is 41.6 Å². The van der Waals surface area contributed by atoms with Crippen molar-refractivity contribution in [2.45, 2.75) is 57.0 Å². The van der Waals surface area contributed by atoms with Crippen LogP contribution in [0, 0.1) is 5.92 Å². The molecular weight excluding hydrogens is 357 g/mol. The van der Waals surface area contributed by atoms with E-state index >= 15 is 0 Å². The molecule has 0 aromatic heterocycles. The van der Waals surface area contributed by atoms with Crippen LogP contribution >= 0.6 is 0 Å². The molecule has 4 nitrogen and oxygen atoms in total. The second-order valence-electron chi connectivity index (χ2n) is 7.70. The fraction of sp³-hybridized carbons (Fsp3) is 0.650. The lowest BCUT2D eigenvalue weighted by Crippen LogP contribution is -2.49. The van der Waals surface area contributed by atoms with Crippen molar-refractivity contribution in [2.75, 3.05) is 19.6 Å². The third-order valence-corrected chi connectivity index (χ3v) is 5.43. The van der Waals surface area contributed by atoms with Crippen LogP contribution in [-0.2, 0) is 9.53 Å². The molecule has 1 aromatic carbocycles. The quantitative estimate of drug-likeness (QED) is 0.861. The normalized spacial score (nSPS) is 30.1. The molecule has 2 atom stereocenters. The Balaban J connectivity index is 1.48. The maximum Gasteiger partial charge on any atom is 0.391 e. The Kier molecular flexibility index (Phi) is 6.42. The van der Waals surface area contributed by atoms with Crippen LogP contribution in [0.2, 0.25) is 0 Å². The second-order valence-corrected chi connectivity index (χ2v) is 7.70. The summed E-state index contributed by atoms with van der Waals surface area (Å²) in [6, 6.07) is 9.76. The molecule has 1 aliphatic carbocycles. The highest BCUT2D eigenvalue weighted by atomic mass is 19.4. The maximum absolute atomic E-state index is 12.7. The van der Waals surface area contributed by atoms with Gasteiger partial charge in [-0.25, -0.2) is 0 Å². The fourth-order valence-electron chi connectivity index (χ4n) is 4.06. The van der Waals surface area contributed by atoms with Gasteiger partial charge < -0.3 is 10.1 Å². The first-order chi connectivity index (χ1) is 12.8. The summed E-state index contributed by atoms with van der Waals surface area (Å²) in [5.41, 5.74) is 1.08. The highest BCUT2D eigenvalue weighted by Crippen LogP contribution is 2.37. The van der Waals surface area contributed by atoms with E-state index in [0.717, 1.165) is 5.56 Å². The zero-order valence-corrected chi connectivity index (χ0v) is 15.5. The molecule has 2 fully saturated rings. The number of nitrogens with zero attached hydrogens (tertiary/aromatic N) is 1. The molecule has 1 saturated heterocycles. The molecular formula is C20H27F3N2O2. The van der Waals surface area contributed by atoms with Gasteiger partial charge in [0.2, 0.25) is 5.91 Å². The molecule has 1 saturated carbocycles. The van der Waals surface area contributed by atoms with E-state index in [0.29, 0.717) is 25.9 Å². The van der Waals surface area contributed by atoms with E-state index in [1.807, 2.05) is 37.3 Å². The first-order valence-corrected chi connectivity index (χ1v) is 9.60. The van der Waals surface area contributed by atoms with E-state index in [-0.39, 0.29) is 43.5 Å². The van der Waals surface area contributed by atoms with Gasteiger partial charge in [-0.15, -0.1) is 0 Å². The number of morpholine rings is 1. The summed E-state index contributed by atoms with van der Waals surface area (Å²) in [6.07, 6.45) is -3.21. The fourth-order valence-corrected chi connectivity index (χ4v) is 4.06. The Hall–Kier alpha value is -1.60. The molecule has 0 spiro atoms. The monoisotopic (exact) mass is 384 g/mol. The van der Waals surface area contributed by atoms with Gasteiger partial charge in [0.05, 0.1) is 24.7 Å². The molecule has 2 unspecified atom stereocenters. The van der Waals surface area contributed by atoms with Crippen LogP contribution in [0.25, 0.3) is 0 Å². The summed E-state index contributed by atoms with van der Waals surface area (Å²) < 4.78 is 44.2. The first-order valence-electron chi connectivity index (χ1n) is 9.60. The Bertz CT molecular complexity index is 615. The zero-order valence-electron chi connectivity index (χ0n) is 15.5. The van der Waals surface area contributed by atoms with Crippen molar-refractivity contribution in [3.8, 4) is 0 Å². The lowest BCUT2D eigenvalue weighted by Gasteiger charge is -2.37. The molecule has 1 aliphatic heterocycles. The molecule has 1 N–H and O–H groups in total. The van der Waals surface area contributed by atoms with Gasteiger partial charge in [0.1, 0.15) is 0 Å². The number of alkyl halides is 3. The lowest BCUT2D eigenvalue weighted by molar-refractivity contribution is -0.182. The maximum atomic E-state index is 12.7. The Morgan fingerprint density at radius 1 is 1.15 bits per heavy atom. The van der Waals surface area contributed by atoms with Crippen LogP contribution in [0.3, 0.4) is 0 Å². The predicted molar refractivity (Wildman–Crippen MR) is 96.1 cm³/mol. The average molecular weight is 384 g/mol. The highest BCUT2D eigenvalue weighted by Gasteiger charge is 2.41. The minimum absolute atomic E-state index is 0.0129. The summed E-state index contributed by atoms with van der Waals surface area (Å²) in [7, 11) is 0. The first kappa shape index (κ1) is 20.1. The third-order valence-electron chi connectivity index (χ3n) is 5.43. The number of ether oxygens (including phenoxy) is 1. The van der Waals surface area contributed by atoms with E-state index in [9.17, 15) is 18.0 Å². The minimum atomic E-state index is -4.12. The Morgan fingerprint density at radius 3 is 2.44 bits per heavy atom.